The molecule has 0 amide bonds. The molecule has 18 heavy (non-hydrogen) atoms. The van der Waals surface area contributed by atoms with Gasteiger partial charge in [0.15, 0.2) is 0 Å². The Morgan fingerprint density at radius 3 is 2.89 bits per heavy atom. The van der Waals surface area contributed by atoms with Gasteiger partial charge < -0.3 is 9.94 Å². The van der Waals surface area contributed by atoms with E-state index in [2.05, 4.69) is 5.10 Å². The van der Waals surface area contributed by atoms with E-state index in [1.807, 2.05) is 0 Å². The lowest BCUT2D eigenvalue weighted by molar-refractivity contribution is -0.385. The lowest BCUT2D eigenvalue weighted by Crippen LogP contribution is -2.03. The summed E-state index contributed by atoms with van der Waals surface area (Å²) in [5, 5.41) is 23.5. The molecule has 1 heterocycles. The molecule has 0 aliphatic heterocycles. The molecule has 7 nitrogen and oxygen atoms in total. The largest absolute Gasteiger partial charge is 0.471 e. The summed E-state index contributed by atoms with van der Waals surface area (Å²) in [4.78, 5) is 11.0. The maximum absolute atomic E-state index is 10.9. The fourth-order valence-electron chi connectivity index (χ4n) is 1.57. The average Bonchev–Trinajstić information content (AvgIpc) is 2.73. The molecule has 1 aromatic heterocycles. The van der Waals surface area contributed by atoms with Crippen molar-refractivity contribution in [3.8, 4) is 5.88 Å². The van der Waals surface area contributed by atoms with Crippen LogP contribution in [0.5, 0.6) is 5.88 Å². The first-order valence-electron chi connectivity index (χ1n) is 5.18. The fourth-order valence-corrected chi connectivity index (χ4v) is 1.57. The van der Waals surface area contributed by atoms with Crippen LogP contribution in [0.25, 0.3) is 0 Å². The van der Waals surface area contributed by atoms with Gasteiger partial charge in [-0.15, -0.1) is 4.85 Å². The van der Waals surface area contributed by atoms with Crippen LogP contribution in [-0.2, 0) is 6.61 Å². The van der Waals surface area contributed by atoms with Crippen molar-refractivity contribution >= 4 is 5.69 Å². The number of hydrogen-bond acceptors (Lipinski definition) is 5. The molecule has 1 aromatic carbocycles. The number of nitrogens with zero attached hydrogens (tertiary/aromatic N) is 3. The fraction of sp³-hybridized carbons (Fsp3) is 0.182. The summed E-state index contributed by atoms with van der Waals surface area (Å²) in [7, 11) is 0. The van der Waals surface area contributed by atoms with Crippen molar-refractivity contribution in [3.63, 3.8) is 0 Å². The minimum absolute atomic E-state index is 0.0124. The normalized spacial score (nSPS) is 10.3. The minimum Gasteiger partial charge on any atom is -0.471 e. The zero-order chi connectivity index (χ0) is 13.1. The Morgan fingerprint density at radius 1 is 1.50 bits per heavy atom. The van der Waals surface area contributed by atoms with Crippen LogP contribution in [0.1, 0.15) is 11.1 Å². The predicted molar refractivity (Wildman–Crippen MR) is 61.6 cm³/mol. The Labute approximate surface area is 102 Å². The summed E-state index contributed by atoms with van der Waals surface area (Å²) in [6.45, 7) is 1.80. The van der Waals surface area contributed by atoms with E-state index in [1.165, 1.54) is 18.3 Å². The highest BCUT2D eigenvalue weighted by Gasteiger charge is 2.16. The highest BCUT2D eigenvalue weighted by molar-refractivity contribution is 5.44. The van der Waals surface area contributed by atoms with E-state index in [-0.39, 0.29) is 18.2 Å². The Bertz CT molecular complexity index is 579. The molecule has 2 aromatic rings. The molecule has 94 valence electrons. The van der Waals surface area contributed by atoms with Crippen molar-refractivity contribution in [1.29, 1.82) is 0 Å². The van der Waals surface area contributed by atoms with Gasteiger partial charge >= 0.3 is 0 Å². The second-order valence-corrected chi connectivity index (χ2v) is 3.69. The minimum atomic E-state index is -0.448. The number of ether oxygens (including phenoxy) is 1. The molecule has 7 heteroatoms. The van der Waals surface area contributed by atoms with Crippen molar-refractivity contribution in [2.75, 3.05) is 0 Å². The van der Waals surface area contributed by atoms with Crippen molar-refractivity contribution < 1.29 is 14.9 Å². The van der Waals surface area contributed by atoms with Gasteiger partial charge in [-0.3, -0.25) is 10.1 Å². The molecule has 0 aliphatic carbocycles. The van der Waals surface area contributed by atoms with Gasteiger partial charge in [-0.1, -0.05) is 17.2 Å². The first-order valence-corrected chi connectivity index (χ1v) is 5.18. The SMILES string of the molecule is Cc1cccc([N+](=O)[O-])c1COc1ccn(O)n1. The summed E-state index contributed by atoms with van der Waals surface area (Å²) in [5.74, 6) is 0.204. The molecule has 0 spiro atoms. The van der Waals surface area contributed by atoms with Crippen LogP contribution >= 0.6 is 0 Å². The summed E-state index contributed by atoms with van der Waals surface area (Å²) < 4.78 is 5.29. The molecule has 0 unspecified atom stereocenters. The number of nitro benzene ring substituents is 1. The van der Waals surface area contributed by atoms with E-state index in [0.29, 0.717) is 10.4 Å². The highest BCUT2D eigenvalue weighted by atomic mass is 16.6. The smallest absolute Gasteiger partial charge is 0.276 e. The van der Waals surface area contributed by atoms with Gasteiger partial charge in [0.05, 0.1) is 16.7 Å². The van der Waals surface area contributed by atoms with Crippen molar-refractivity contribution in [1.82, 2.24) is 9.94 Å². The van der Waals surface area contributed by atoms with Gasteiger partial charge in [-0.05, 0) is 12.5 Å². The number of aryl methyl sites for hydroxylation is 1. The van der Waals surface area contributed by atoms with E-state index >= 15 is 0 Å². The third-order valence-corrected chi connectivity index (χ3v) is 2.50. The highest BCUT2D eigenvalue weighted by Crippen LogP contribution is 2.23. The average molecular weight is 249 g/mol. The van der Waals surface area contributed by atoms with Gasteiger partial charge in [-0.2, -0.15) is 0 Å². The molecule has 2 rings (SSSR count). The third-order valence-electron chi connectivity index (χ3n) is 2.50. The van der Waals surface area contributed by atoms with Crippen LogP contribution in [0.15, 0.2) is 30.5 Å². The van der Waals surface area contributed by atoms with E-state index in [1.54, 1.807) is 19.1 Å². The van der Waals surface area contributed by atoms with Gasteiger partial charge in [0.1, 0.15) is 6.61 Å². The molecular weight excluding hydrogens is 238 g/mol. The molecule has 0 saturated carbocycles. The van der Waals surface area contributed by atoms with Gasteiger partial charge in [0.25, 0.3) is 5.69 Å². The maximum atomic E-state index is 10.9. The van der Waals surface area contributed by atoms with E-state index in [0.717, 1.165) is 5.56 Å². The first-order chi connectivity index (χ1) is 8.58. The summed E-state index contributed by atoms with van der Waals surface area (Å²) in [6, 6.07) is 6.29. The van der Waals surface area contributed by atoms with E-state index in [4.69, 9.17) is 9.94 Å². The maximum Gasteiger partial charge on any atom is 0.276 e. The Hall–Kier alpha value is -2.57. The van der Waals surface area contributed by atoms with Crippen LogP contribution in [0, 0.1) is 17.0 Å². The molecule has 0 atom stereocenters. The number of aromatic nitrogens is 2. The van der Waals surface area contributed by atoms with Crippen LogP contribution in [0.4, 0.5) is 5.69 Å². The van der Waals surface area contributed by atoms with Crippen molar-refractivity contribution in [2.45, 2.75) is 13.5 Å². The van der Waals surface area contributed by atoms with Gasteiger partial charge in [0.2, 0.25) is 5.88 Å². The third kappa shape index (κ3) is 2.40. The Kier molecular flexibility index (Phi) is 3.13. The molecule has 0 saturated heterocycles. The standard InChI is InChI=1S/C11H11N3O4/c1-8-3-2-4-10(14(16)17)9(8)7-18-11-5-6-13(15)12-11/h2-6,15H,7H2,1H3. The molecule has 0 radical (unpaired) electrons. The molecule has 1 N–H and O–H groups in total. The van der Waals surface area contributed by atoms with Crippen molar-refractivity contribution in [3.05, 3.63) is 51.7 Å². The second kappa shape index (κ2) is 4.74. The number of hydrogen-bond donors (Lipinski definition) is 1. The summed E-state index contributed by atoms with van der Waals surface area (Å²) in [5.41, 5.74) is 1.28. The van der Waals surface area contributed by atoms with Crippen molar-refractivity contribution in [2.24, 2.45) is 0 Å². The van der Waals surface area contributed by atoms with Crippen LogP contribution in [-0.4, -0.2) is 20.1 Å². The molecule has 0 bridgehead atoms. The number of rotatable bonds is 4. The van der Waals surface area contributed by atoms with Crippen LogP contribution < -0.4 is 4.74 Å². The van der Waals surface area contributed by atoms with E-state index < -0.39 is 4.92 Å². The summed E-state index contributed by atoms with van der Waals surface area (Å²) >= 11 is 0. The number of benzene rings is 1. The molecule has 0 fully saturated rings. The Morgan fingerprint density at radius 2 is 2.28 bits per heavy atom. The van der Waals surface area contributed by atoms with Crippen LogP contribution in [0.3, 0.4) is 0 Å². The zero-order valence-corrected chi connectivity index (χ0v) is 9.61. The molecule has 0 aliphatic rings. The lowest BCUT2D eigenvalue weighted by atomic mass is 10.1. The first kappa shape index (κ1) is 11.9. The molecular formula is C11H11N3O4. The monoisotopic (exact) mass is 249 g/mol. The second-order valence-electron chi connectivity index (χ2n) is 3.69. The van der Waals surface area contributed by atoms with E-state index in [9.17, 15) is 10.1 Å². The summed E-state index contributed by atoms with van der Waals surface area (Å²) in [6.07, 6.45) is 1.31. The lowest BCUT2D eigenvalue weighted by Gasteiger charge is -2.06. The topological polar surface area (TPSA) is 90.4 Å². The van der Waals surface area contributed by atoms with Crippen LogP contribution in [0.2, 0.25) is 0 Å². The van der Waals surface area contributed by atoms with Gasteiger partial charge in [-0.25, -0.2) is 0 Å². The predicted octanol–water partition coefficient (Wildman–Crippen LogP) is 1.92. The number of nitro groups is 1. The Balaban J connectivity index is 2.20. The quantitative estimate of drug-likeness (QED) is 0.507. The van der Waals surface area contributed by atoms with Gasteiger partial charge in [0, 0.05) is 12.1 Å². The zero-order valence-electron chi connectivity index (χ0n) is 9.61.